The highest BCUT2D eigenvalue weighted by Gasteiger charge is 2.00. The van der Waals surface area contributed by atoms with Crippen LogP contribution in [0.25, 0.3) is 0 Å². The molecule has 0 aliphatic heterocycles. The number of nitrogens with one attached hydrogen (secondary N) is 1. The van der Waals surface area contributed by atoms with Gasteiger partial charge in [-0.1, -0.05) is 0 Å². The number of carbonyl (C=O) groups is 1. The lowest BCUT2D eigenvalue weighted by molar-refractivity contribution is -0.105. The van der Waals surface area contributed by atoms with E-state index in [-0.39, 0.29) is 6.61 Å². The summed E-state index contributed by atoms with van der Waals surface area (Å²) in [5, 5.41) is 7.96. The second-order valence-corrected chi connectivity index (χ2v) is 2.67. The summed E-state index contributed by atoms with van der Waals surface area (Å²) in [7, 11) is 0. The van der Waals surface area contributed by atoms with E-state index in [2.05, 4.69) is 27.0 Å². The van der Waals surface area contributed by atoms with Crippen molar-refractivity contribution in [2.24, 2.45) is 5.16 Å². The Morgan fingerprint density at radius 3 is 3.42 bits per heavy atom. The Hall–Kier alpha value is -1.43. The number of amides is 1. The van der Waals surface area contributed by atoms with Crippen LogP contribution >= 0.6 is 11.3 Å². The van der Waals surface area contributed by atoms with Crippen molar-refractivity contribution in [1.29, 1.82) is 0 Å². The molecule has 0 fully saturated rings. The molecule has 0 aliphatic carbocycles. The van der Waals surface area contributed by atoms with E-state index in [0.717, 1.165) is 5.69 Å². The smallest absolute Gasteiger partial charge is 0.213 e. The van der Waals surface area contributed by atoms with Crippen molar-refractivity contribution in [2.45, 2.75) is 6.61 Å². The van der Waals surface area contributed by atoms with Crippen LogP contribution in [0.15, 0.2) is 10.5 Å². The zero-order valence-corrected chi connectivity index (χ0v) is 7.00. The molecule has 0 aromatic carbocycles. The Kier molecular flexibility index (Phi) is 3.21. The van der Waals surface area contributed by atoms with Gasteiger partial charge in [0.05, 0.1) is 5.69 Å². The van der Waals surface area contributed by atoms with Crippen LogP contribution in [0, 0.1) is 0 Å². The first-order valence-electron chi connectivity index (χ1n) is 3.09. The first kappa shape index (κ1) is 8.66. The van der Waals surface area contributed by atoms with Crippen LogP contribution in [0.5, 0.6) is 0 Å². The van der Waals surface area contributed by atoms with Crippen molar-refractivity contribution < 1.29 is 9.63 Å². The fourth-order valence-corrected chi connectivity index (χ4v) is 1.26. The molecule has 0 saturated heterocycles. The van der Waals surface area contributed by atoms with E-state index in [1.165, 1.54) is 11.3 Å². The van der Waals surface area contributed by atoms with Crippen LogP contribution < -0.4 is 5.32 Å². The summed E-state index contributed by atoms with van der Waals surface area (Å²) in [5.74, 6) is 0. The van der Waals surface area contributed by atoms with E-state index in [4.69, 9.17) is 0 Å². The maximum Gasteiger partial charge on any atom is 0.213 e. The van der Waals surface area contributed by atoms with Gasteiger partial charge in [-0.05, 0) is 0 Å². The highest BCUT2D eigenvalue weighted by molar-refractivity contribution is 7.13. The van der Waals surface area contributed by atoms with Gasteiger partial charge in [0.25, 0.3) is 0 Å². The zero-order chi connectivity index (χ0) is 8.81. The number of hydrogen-bond acceptors (Lipinski definition) is 5. The lowest BCUT2D eigenvalue weighted by Crippen LogP contribution is -1.93. The maximum atomic E-state index is 9.99. The SMILES string of the molecule is C=NOCc1csc(NC=O)n1. The van der Waals surface area contributed by atoms with Crippen LogP contribution in [0.2, 0.25) is 0 Å². The van der Waals surface area contributed by atoms with Crippen molar-refractivity contribution in [3.63, 3.8) is 0 Å². The zero-order valence-electron chi connectivity index (χ0n) is 6.19. The lowest BCUT2D eigenvalue weighted by atomic mass is 10.5. The summed E-state index contributed by atoms with van der Waals surface area (Å²) >= 11 is 1.33. The van der Waals surface area contributed by atoms with Gasteiger partial charge in [-0.2, -0.15) is 0 Å². The molecule has 64 valence electrons. The summed E-state index contributed by atoms with van der Waals surface area (Å²) in [6, 6.07) is 0. The van der Waals surface area contributed by atoms with Gasteiger partial charge in [0.2, 0.25) is 6.41 Å². The highest BCUT2D eigenvalue weighted by atomic mass is 32.1. The number of thiazole rings is 1. The molecular weight excluding hydrogens is 178 g/mol. The molecule has 0 saturated carbocycles. The van der Waals surface area contributed by atoms with Crippen LogP contribution in [-0.4, -0.2) is 18.1 Å². The summed E-state index contributed by atoms with van der Waals surface area (Å²) in [4.78, 5) is 18.6. The number of rotatable bonds is 5. The molecular formula is C6H7N3O2S. The van der Waals surface area contributed by atoms with E-state index in [0.29, 0.717) is 11.5 Å². The highest BCUT2D eigenvalue weighted by Crippen LogP contribution is 2.14. The van der Waals surface area contributed by atoms with Gasteiger partial charge in [0.1, 0.15) is 0 Å². The number of aromatic nitrogens is 1. The van der Waals surface area contributed by atoms with E-state index >= 15 is 0 Å². The predicted molar refractivity (Wildman–Crippen MR) is 46.1 cm³/mol. The molecule has 0 spiro atoms. The Labute approximate surface area is 73.1 Å². The second kappa shape index (κ2) is 4.45. The van der Waals surface area contributed by atoms with E-state index in [9.17, 15) is 4.79 Å². The third-order valence-electron chi connectivity index (χ3n) is 1.04. The Morgan fingerprint density at radius 2 is 2.75 bits per heavy atom. The van der Waals surface area contributed by atoms with Gasteiger partial charge >= 0.3 is 0 Å². The van der Waals surface area contributed by atoms with Gasteiger partial charge in [-0.3, -0.25) is 4.79 Å². The van der Waals surface area contributed by atoms with Crippen molar-refractivity contribution >= 4 is 29.6 Å². The summed E-state index contributed by atoms with van der Waals surface area (Å²) in [6.07, 6.45) is 0.579. The molecule has 1 aromatic rings. The average Bonchev–Trinajstić information content (AvgIpc) is 2.50. The Bertz CT molecular complexity index is 274. The van der Waals surface area contributed by atoms with E-state index in [1.807, 2.05) is 0 Å². The lowest BCUT2D eigenvalue weighted by Gasteiger charge is -1.91. The Balaban J connectivity index is 2.51. The van der Waals surface area contributed by atoms with Crippen molar-refractivity contribution in [3.8, 4) is 0 Å². The van der Waals surface area contributed by atoms with Gasteiger partial charge < -0.3 is 10.2 Å². The molecule has 0 bridgehead atoms. The minimum absolute atomic E-state index is 0.278. The van der Waals surface area contributed by atoms with E-state index < -0.39 is 0 Å². The van der Waals surface area contributed by atoms with Crippen molar-refractivity contribution in [1.82, 2.24) is 4.98 Å². The first-order valence-corrected chi connectivity index (χ1v) is 3.97. The average molecular weight is 185 g/mol. The summed E-state index contributed by atoms with van der Waals surface area (Å²) in [6.45, 7) is 3.43. The van der Waals surface area contributed by atoms with Crippen molar-refractivity contribution in [3.05, 3.63) is 11.1 Å². The third kappa shape index (κ3) is 2.31. The van der Waals surface area contributed by atoms with E-state index in [1.54, 1.807) is 5.38 Å². The number of anilines is 1. The van der Waals surface area contributed by atoms with Crippen LogP contribution in [-0.2, 0) is 16.2 Å². The molecule has 1 aromatic heterocycles. The number of hydrogen-bond donors (Lipinski definition) is 1. The Morgan fingerprint density at radius 1 is 1.92 bits per heavy atom. The van der Waals surface area contributed by atoms with Gasteiger partial charge in [-0.25, -0.2) is 4.98 Å². The van der Waals surface area contributed by atoms with Crippen LogP contribution in [0.3, 0.4) is 0 Å². The third-order valence-corrected chi connectivity index (χ3v) is 1.86. The number of carbonyl (C=O) groups excluding carboxylic acids is 1. The predicted octanol–water partition coefficient (Wildman–Crippen LogP) is 0.844. The largest absolute Gasteiger partial charge is 0.390 e. The molecule has 0 unspecified atom stereocenters. The fourth-order valence-electron chi connectivity index (χ4n) is 0.602. The molecule has 12 heavy (non-hydrogen) atoms. The van der Waals surface area contributed by atoms with Gasteiger partial charge in [-0.15, -0.1) is 16.5 Å². The monoisotopic (exact) mass is 185 g/mol. The minimum atomic E-state index is 0.278. The number of nitrogens with zero attached hydrogens (tertiary/aromatic N) is 2. The normalized spacial score (nSPS) is 9.00. The molecule has 1 amide bonds. The van der Waals surface area contributed by atoms with Gasteiger partial charge in [0.15, 0.2) is 11.7 Å². The maximum absolute atomic E-state index is 9.99. The molecule has 6 heteroatoms. The summed E-state index contributed by atoms with van der Waals surface area (Å²) < 4.78 is 0. The topological polar surface area (TPSA) is 63.6 Å². The molecule has 0 radical (unpaired) electrons. The molecule has 1 rings (SSSR count). The standard InChI is InChI=1S/C6H7N3O2S/c1-7-11-2-5-3-12-6(9-5)8-4-10/h3-4H,1-2H2,(H,8,9,10). The first-order chi connectivity index (χ1) is 5.86. The quantitative estimate of drug-likeness (QED) is 0.420. The van der Waals surface area contributed by atoms with Crippen LogP contribution in [0.4, 0.5) is 5.13 Å². The molecule has 1 heterocycles. The minimum Gasteiger partial charge on any atom is -0.390 e. The molecule has 0 aliphatic rings. The van der Waals surface area contributed by atoms with Crippen molar-refractivity contribution in [2.75, 3.05) is 5.32 Å². The van der Waals surface area contributed by atoms with Crippen LogP contribution in [0.1, 0.15) is 5.69 Å². The molecule has 1 N–H and O–H groups in total. The molecule has 5 nitrogen and oxygen atoms in total. The number of oxime groups is 1. The second-order valence-electron chi connectivity index (χ2n) is 1.81. The van der Waals surface area contributed by atoms with Gasteiger partial charge in [0, 0.05) is 12.1 Å². The fraction of sp³-hybridized carbons (Fsp3) is 0.167. The summed E-state index contributed by atoms with van der Waals surface area (Å²) in [5.41, 5.74) is 0.719. The molecule has 0 atom stereocenters.